The van der Waals surface area contributed by atoms with Gasteiger partial charge in [-0.2, -0.15) is 0 Å². The Bertz CT molecular complexity index is 406. The van der Waals surface area contributed by atoms with Crippen LogP contribution >= 0.6 is 11.6 Å². The molecule has 16 heavy (non-hydrogen) atoms. The fraction of sp³-hybridized carbons (Fsp3) is 0.200. The summed E-state index contributed by atoms with van der Waals surface area (Å²) >= 11 is 5.79. The Kier molecular flexibility index (Phi) is 4.91. The smallest absolute Gasteiger partial charge is 0.158 e. The van der Waals surface area contributed by atoms with E-state index in [0.717, 1.165) is 6.21 Å². The molecular weight excluding hydrogens is 228 g/mol. The fourth-order valence-electron chi connectivity index (χ4n) is 1.14. The molecule has 0 amide bonds. The van der Waals surface area contributed by atoms with E-state index in [0.29, 0.717) is 22.1 Å². The van der Waals surface area contributed by atoms with E-state index in [-0.39, 0.29) is 6.61 Å². The largest absolute Gasteiger partial charge is 0.392 e. The van der Waals surface area contributed by atoms with Gasteiger partial charge in [-0.25, -0.2) is 10.4 Å². The Hall–Kier alpha value is -1.43. The maximum atomic E-state index is 9.14. The van der Waals surface area contributed by atoms with Gasteiger partial charge in [0.2, 0.25) is 0 Å². The Balaban J connectivity index is 3.07. The lowest BCUT2D eigenvalue weighted by Crippen LogP contribution is -2.34. The average Bonchev–Trinajstić information content (AvgIpc) is 2.30. The number of rotatable bonds is 4. The van der Waals surface area contributed by atoms with Crippen molar-refractivity contribution in [1.29, 1.82) is 5.41 Å². The first kappa shape index (κ1) is 12.6. The van der Waals surface area contributed by atoms with Crippen LogP contribution in [0.5, 0.6) is 0 Å². The number of hydrazine groups is 1. The van der Waals surface area contributed by atoms with Gasteiger partial charge in [-0.3, -0.25) is 0 Å². The number of nitrogens with zero attached hydrogens (tertiary/aromatic N) is 1. The summed E-state index contributed by atoms with van der Waals surface area (Å²) in [4.78, 5) is 4.16. The van der Waals surface area contributed by atoms with Crippen molar-refractivity contribution < 1.29 is 5.11 Å². The van der Waals surface area contributed by atoms with Gasteiger partial charge < -0.3 is 15.9 Å². The molecule has 0 aliphatic rings. The van der Waals surface area contributed by atoms with Gasteiger partial charge in [0.15, 0.2) is 5.84 Å². The standard InChI is InChI=1S/C10H13ClN4O/c1-13-15-10(5-12)14-9-3-2-8(11)4-7(9)6-16/h2-5,12-13,16H,6H2,1H3,(H,14,15). The normalized spacial score (nSPS) is 11.3. The zero-order valence-corrected chi connectivity index (χ0v) is 9.54. The lowest BCUT2D eigenvalue weighted by molar-refractivity contribution is 0.282. The molecular formula is C10H13ClN4O. The highest BCUT2D eigenvalue weighted by Crippen LogP contribution is 2.23. The minimum absolute atomic E-state index is 0.149. The molecule has 6 heteroatoms. The number of aliphatic imine (C=N–C) groups is 1. The third kappa shape index (κ3) is 3.30. The summed E-state index contributed by atoms with van der Waals surface area (Å²) < 4.78 is 0. The minimum Gasteiger partial charge on any atom is -0.392 e. The van der Waals surface area contributed by atoms with Crippen molar-refractivity contribution >= 4 is 29.3 Å². The van der Waals surface area contributed by atoms with Crippen molar-refractivity contribution in [2.45, 2.75) is 6.61 Å². The third-order valence-electron chi connectivity index (χ3n) is 1.84. The van der Waals surface area contributed by atoms with Crippen molar-refractivity contribution in [1.82, 2.24) is 10.9 Å². The zero-order chi connectivity index (χ0) is 12.0. The molecule has 1 aromatic rings. The van der Waals surface area contributed by atoms with Crippen molar-refractivity contribution in [3.8, 4) is 0 Å². The lowest BCUT2D eigenvalue weighted by atomic mass is 10.2. The number of hydrogen-bond acceptors (Lipinski definition) is 4. The third-order valence-corrected chi connectivity index (χ3v) is 2.08. The molecule has 0 aromatic heterocycles. The first-order valence-corrected chi connectivity index (χ1v) is 5.00. The molecule has 1 aromatic carbocycles. The molecule has 0 atom stereocenters. The quantitative estimate of drug-likeness (QED) is 0.363. The Morgan fingerprint density at radius 1 is 1.62 bits per heavy atom. The summed E-state index contributed by atoms with van der Waals surface area (Å²) in [5, 5.41) is 16.8. The van der Waals surface area contributed by atoms with Crippen LogP contribution in [0.1, 0.15) is 5.56 Å². The maximum Gasteiger partial charge on any atom is 0.158 e. The Morgan fingerprint density at radius 2 is 2.38 bits per heavy atom. The van der Waals surface area contributed by atoms with E-state index in [9.17, 15) is 0 Å². The molecule has 0 aliphatic heterocycles. The predicted molar refractivity (Wildman–Crippen MR) is 65.4 cm³/mol. The van der Waals surface area contributed by atoms with Crippen LogP contribution < -0.4 is 10.9 Å². The molecule has 0 aliphatic carbocycles. The Labute approximate surface area is 98.6 Å². The maximum absolute atomic E-state index is 9.14. The van der Waals surface area contributed by atoms with Crippen LogP contribution in [0, 0.1) is 5.41 Å². The van der Waals surface area contributed by atoms with Crippen LogP contribution in [0.4, 0.5) is 5.69 Å². The molecule has 0 spiro atoms. The summed E-state index contributed by atoms with van der Waals surface area (Å²) in [5.74, 6) is 0.347. The number of halogens is 1. The van der Waals surface area contributed by atoms with E-state index < -0.39 is 0 Å². The van der Waals surface area contributed by atoms with Crippen LogP contribution in [-0.4, -0.2) is 24.2 Å². The number of amidine groups is 1. The van der Waals surface area contributed by atoms with Gasteiger partial charge in [0.1, 0.15) is 0 Å². The van der Waals surface area contributed by atoms with Crippen LogP contribution in [-0.2, 0) is 6.61 Å². The zero-order valence-electron chi connectivity index (χ0n) is 8.79. The first-order valence-electron chi connectivity index (χ1n) is 4.62. The number of hydrogen-bond donors (Lipinski definition) is 4. The van der Waals surface area contributed by atoms with Gasteiger partial charge in [0.25, 0.3) is 0 Å². The van der Waals surface area contributed by atoms with Gasteiger partial charge >= 0.3 is 0 Å². The summed E-state index contributed by atoms with van der Waals surface area (Å²) in [6, 6.07) is 5.01. The summed E-state index contributed by atoms with van der Waals surface area (Å²) in [6.07, 6.45) is 1.08. The molecule has 0 bridgehead atoms. The van der Waals surface area contributed by atoms with E-state index in [4.69, 9.17) is 22.1 Å². The van der Waals surface area contributed by atoms with Crippen molar-refractivity contribution in [3.05, 3.63) is 28.8 Å². The second-order valence-corrected chi connectivity index (χ2v) is 3.38. The van der Waals surface area contributed by atoms with Crippen LogP contribution in [0.25, 0.3) is 0 Å². The molecule has 0 fully saturated rings. The molecule has 0 radical (unpaired) electrons. The number of aliphatic hydroxyl groups excluding tert-OH is 1. The first-order chi connectivity index (χ1) is 7.71. The molecule has 1 rings (SSSR count). The van der Waals surface area contributed by atoms with Crippen LogP contribution in [0.3, 0.4) is 0 Å². The molecule has 5 nitrogen and oxygen atoms in total. The second kappa shape index (κ2) is 6.22. The van der Waals surface area contributed by atoms with Crippen LogP contribution in [0.15, 0.2) is 23.2 Å². The molecule has 4 N–H and O–H groups in total. The number of benzene rings is 1. The van der Waals surface area contributed by atoms with E-state index >= 15 is 0 Å². The SMILES string of the molecule is CNNC(C=N)=Nc1ccc(Cl)cc1CO. The van der Waals surface area contributed by atoms with Crippen LogP contribution in [0.2, 0.25) is 5.02 Å². The van der Waals surface area contributed by atoms with Gasteiger partial charge in [-0.05, 0) is 18.2 Å². The van der Waals surface area contributed by atoms with Crippen molar-refractivity contribution in [2.24, 2.45) is 4.99 Å². The molecule has 0 saturated carbocycles. The average molecular weight is 241 g/mol. The number of nitrogens with one attached hydrogen (secondary N) is 3. The van der Waals surface area contributed by atoms with E-state index in [1.54, 1.807) is 25.2 Å². The van der Waals surface area contributed by atoms with Gasteiger partial charge in [0.05, 0.1) is 18.5 Å². The predicted octanol–water partition coefficient (Wildman–Crippen LogP) is 1.24. The topological polar surface area (TPSA) is 80.5 Å². The number of aliphatic hydroxyl groups is 1. The summed E-state index contributed by atoms with van der Waals surface area (Å²) in [5.41, 5.74) is 6.55. The lowest BCUT2D eigenvalue weighted by Gasteiger charge is -2.06. The van der Waals surface area contributed by atoms with Crippen molar-refractivity contribution in [2.75, 3.05) is 7.05 Å². The van der Waals surface area contributed by atoms with E-state index in [2.05, 4.69) is 15.8 Å². The van der Waals surface area contributed by atoms with Crippen molar-refractivity contribution in [3.63, 3.8) is 0 Å². The van der Waals surface area contributed by atoms with E-state index in [1.165, 1.54) is 0 Å². The van der Waals surface area contributed by atoms with E-state index in [1.807, 2.05) is 0 Å². The highest BCUT2D eigenvalue weighted by atomic mass is 35.5. The molecule has 86 valence electrons. The molecule has 0 unspecified atom stereocenters. The monoisotopic (exact) mass is 240 g/mol. The minimum atomic E-state index is -0.149. The fourth-order valence-corrected chi connectivity index (χ4v) is 1.34. The second-order valence-electron chi connectivity index (χ2n) is 2.95. The molecule has 0 saturated heterocycles. The highest BCUT2D eigenvalue weighted by molar-refractivity contribution is 6.31. The Morgan fingerprint density at radius 3 is 2.94 bits per heavy atom. The van der Waals surface area contributed by atoms with Gasteiger partial charge in [-0.15, -0.1) is 0 Å². The highest BCUT2D eigenvalue weighted by Gasteiger charge is 2.02. The van der Waals surface area contributed by atoms with Gasteiger partial charge in [0, 0.05) is 17.6 Å². The summed E-state index contributed by atoms with van der Waals surface area (Å²) in [7, 11) is 1.67. The molecule has 0 heterocycles. The van der Waals surface area contributed by atoms with Gasteiger partial charge in [-0.1, -0.05) is 11.6 Å². The summed E-state index contributed by atoms with van der Waals surface area (Å²) in [6.45, 7) is -0.149.